The van der Waals surface area contributed by atoms with Gasteiger partial charge in [0.05, 0.1) is 6.33 Å². The molecule has 0 bridgehead atoms. The molecule has 1 aromatic rings. The fourth-order valence-corrected chi connectivity index (χ4v) is 2.61. The van der Waals surface area contributed by atoms with Crippen molar-refractivity contribution >= 4 is 0 Å². The summed E-state index contributed by atoms with van der Waals surface area (Å²) < 4.78 is 1.70. The van der Waals surface area contributed by atoms with Crippen LogP contribution in [0.1, 0.15) is 25.7 Å². The summed E-state index contributed by atoms with van der Waals surface area (Å²) in [5, 5.41) is 3.36. The molecule has 0 aromatic carbocycles. The Bertz CT molecular complexity index is 388. The largest absolute Gasteiger partial charge is 0.317 e. The molecule has 0 spiro atoms. The van der Waals surface area contributed by atoms with Gasteiger partial charge in [0, 0.05) is 24.8 Å². The first kappa shape index (κ1) is 11.3. The average Bonchev–Trinajstić information content (AvgIpc) is 2.75. The summed E-state index contributed by atoms with van der Waals surface area (Å²) in [4.78, 5) is 15.5. The molecule has 16 heavy (non-hydrogen) atoms. The smallest absolute Gasteiger partial charge is 0.253 e. The Morgan fingerprint density at radius 3 is 3.19 bits per heavy atom. The number of rotatable bonds is 4. The van der Waals surface area contributed by atoms with Crippen molar-refractivity contribution in [3.8, 4) is 0 Å². The van der Waals surface area contributed by atoms with Crippen LogP contribution in [0.4, 0.5) is 0 Å². The van der Waals surface area contributed by atoms with Gasteiger partial charge in [0.2, 0.25) is 0 Å². The molecule has 2 atom stereocenters. The quantitative estimate of drug-likeness (QED) is 0.825. The zero-order valence-corrected chi connectivity index (χ0v) is 9.72. The zero-order chi connectivity index (χ0) is 11.4. The van der Waals surface area contributed by atoms with Crippen LogP contribution in [0.15, 0.2) is 23.4 Å². The predicted octanol–water partition coefficient (Wildman–Crippen LogP) is 1.02. The monoisotopic (exact) mass is 221 g/mol. The number of aryl methyl sites for hydroxylation is 1. The van der Waals surface area contributed by atoms with Crippen LogP contribution in [0.25, 0.3) is 0 Å². The molecule has 0 amide bonds. The van der Waals surface area contributed by atoms with Crippen molar-refractivity contribution in [3.63, 3.8) is 0 Å². The molecule has 1 heterocycles. The minimum Gasteiger partial charge on any atom is -0.317 e. The molecule has 1 N–H and O–H groups in total. The Kier molecular flexibility index (Phi) is 3.72. The van der Waals surface area contributed by atoms with Crippen LogP contribution in [0.3, 0.4) is 0 Å². The highest BCUT2D eigenvalue weighted by Crippen LogP contribution is 2.28. The normalized spacial score (nSPS) is 24.8. The van der Waals surface area contributed by atoms with E-state index >= 15 is 0 Å². The van der Waals surface area contributed by atoms with Crippen LogP contribution in [0.5, 0.6) is 0 Å². The summed E-state index contributed by atoms with van der Waals surface area (Å²) in [7, 11) is 2.03. The van der Waals surface area contributed by atoms with E-state index in [4.69, 9.17) is 0 Å². The minimum atomic E-state index is 0.0500. The lowest BCUT2D eigenvalue weighted by molar-refractivity contribution is 0.375. The zero-order valence-electron chi connectivity index (χ0n) is 9.72. The van der Waals surface area contributed by atoms with E-state index in [1.54, 1.807) is 17.1 Å². The summed E-state index contributed by atoms with van der Waals surface area (Å²) in [5.74, 6) is 0.706. The third-order valence-electron chi connectivity index (χ3n) is 3.56. The first-order valence-corrected chi connectivity index (χ1v) is 5.99. The maximum Gasteiger partial charge on any atom is 0.253 e. The van der Waals surface area contributed by atoms with E-state index in [1.165, 1.54) is 25.3 Å². The van der Waals surface area contributed by atoms with E-state index in [2.05, 4.69) is 10.3 Å². The van der Waals surface area contributed by atoms with Gasteiger partial charge < -0.3 is 5.32 Å². The molecule has 1 saturated carbocycles. The fraction of sp³-hybridized carbons (Fsp3) is 0.667. The van der Waals surface area contributed by atoms with E-state index in [0.29, 0.717) is 12.0 Å². The third kappa shape index (κ3) is 2.50. The molecular formula is C12H19N3O. The lowest BCUT2D eigenvalue weighted by Gasteiger charge is -2.18. The summed E-state index contributed by atoms with van der Waals surface area (Å²) in [6, 6.07) is 2.15. The molecule has 0 radical (unpaired) electrons. The van der Waals surface area contributed by atoms with Crippen molar-refractivity contribution in [2.24, 2.45) is 5.92 Å². The Labute approximate surface area is 95.7 Å². The van der Waals surface area contributed by atoms with Gasteiger partial charge in [0.15, 0.2) is 0 Å². The first-order valence-electron chi connectivity index (χ1n) is 5.99. The van der Waals surface area contributed by atoms with Crippen molar-refractivity contribution < 1.29 is 0 Å². The SMILES string of the molecule is CNC1CCCC1CCn1cnccc1=O. The molecule has 1 aliphatic rings. The van der Waals surface area contributed by atoms with Gasteiger partial charge in [0.1, 0.15) is 0 Å². The molecule has 0 aliphatic heterocycles. The summed E-state index contributed by atoms with van der Waals surface area (Å²) in [6.07, 6.45) is 8.09. The highest BCUT2D eigenvalue weighted by molar-refractivity contribution is 4.85. The van der Waals surface area contributed by atoms with Crippen LogP contribution in [-0.4, -0.2) is 22.6 Å². The molecule has 4 nitrogen and oxygen atoms in total. The molecule has 88 valence electrons. The number of nitrogens with zero attached hydrogens (tertiary/aromatic N) is 2. The summed E-state index contributed by atoms with van der Waals surface area (Å²) in [6.45, 7) is 0.787. The fourth-order valence-electron chi connectivity index (χ4n) is 2.61. The maximum absolute atomic E-state index is 11.5. The maximum atomic E-state index is 11.5. The number of aromatic nitrogens is 2. The second-order valence-electron chi connectivity index (χ2n) is 4.49. The van der Waals surface area contributed by atoms with Crippen LogP contribution >= 0.6 is 0 Å². The molecule has 2 rings (SSSR count). The summed E-state index contributed by atoms with van der Waals surface area (Å²) in [5.41, 5.74) is 0.0500. The van der Waals surface area contributed by atoms with Crippen LogP contribution in [-0.2, 0) is 6.54 Å². The van der Waals surface area contributed by atoms with Gasteiger partial charge in [-0.2, -0.15) is 0 Å². The minimum absolute atomic E-state index is 0.0500. The molecular weight excluding hydrogens is 202 g/mol. The standard InChI is InChI=1S/C12H19N3O/c1-13-11-4-2-3-10(11)6-8-15-9-14-7-5-12(15)16/h5,7,9-11,13H,2-4,6,8H2,1H3. The van der Waals surface area contributed by atoms with Crippen molar-refractivity contribution in [3.05, 3.63) is 28.9 Å². The second-order valence-corrected chi connectivity index (χ2v) is 4.49. The van der Waals surface area contributed by atoms with E-state index in [9.17, 15) is 4.79 Å². The van der Waals surface area contributed by atoms with Crippen molar-refractivity contribution in [1.29, 1.82) is 0 Å². The highest BCUT2D eigenvalue weighted by Gasteiger charge is 2.25. The van der Waals surface area contributed by atoms with E-state index in [1.807, 2.05) is 7.05 Å². The van der Waals surface area contributed by atoms with Gasteiger partial charge in [-0.15, -0.1) is 0 Å². The lowest BCUT2D eigenvalue weighted by Crippen LogP contribution is -2.30. The number of hydrogen-bond donors (Lipinski definition) is 1. The molecule has 4 heteroatoms. The van der Waals surface area contributed by atoms with E-state index in [-0.39, 0.29) is 5.56 Å². The van der Waals surface area contributed by atoms with Crippen molar-refractivity contribution in [1.82, 2.24) is 14.9 Å². The van der Waals surface area contributed by atoms with Crippen LogP contribution in [0.2, 0.25) is 0 Å². The lowest BCUT2D eigenvalue weighted by atomic mass is 10.00. The van der Waals surface area contributed by atoms with Crippen molar-refractivity contribution in [2.75, 3.05) is 7.05 Å². The second kappa shape index (κ2) is 5.25. The number of hydrogen-bond acceptors (Lipinski definition) is 3. The third-order valence-corrected chi connectivity index (χ3v) is 3.56. The van der Waals surface area contributed by atoms with Crippen LogP contribution in [0, 0.1) is 5.92 Å². The average molecular weight is 221 g/mol. The summed E-state index contributed by atoms with van der Waals surface area (Å²) >= 11 is 0. The van der Waals surface area contributed by atoms with Gasteiger partial charge in [-0.05, 0) is 32.2 Å². The Hall–Kier alpha value is -1.16. The molecule has 0 saturated heterocycles. The molecule has 2 unspecified atom stereocenters. The van der Waals surface area contributed by atoms with Crippen LogP contribution < -0.4 is 10.9 Å². The highest BCUT2D eigenvalue weighted by atomic mass is 16.1. The van der Waals surface area contributed by atoms with Gasteiger partial charge in [0.25, 0.3) is 5.56 Å². The number of nitrogens with one attached hydrogen (secondary N) is 1. The van der Waals surface area contributed by atoms with E-state index < -0.39 is 0 Å². The van der Waals surface area contributed by atoms with Gasteiger partial charge in [-0.1, -0.05) is 6.42 Å². The molecule has 1 aliphatic carbocycles. The first-order chi connectivity index (χ1) is 7.81. The predicted molar refractivity (Wildman–Crippen MR) is 63.3 cm³/mol. The molecule has 1 aromatic heterocycles. The molecule has 1 fully saturated rings. The Morgan fingerprint density at radius 2 is 2.44 bits per heavy atom. The van der Waals surface area contributed by atoms with Gasteiger partial charge in [-0.25, -0.2) is 4.98 Å². The topological polar surface area (TPSA) is 46.9 Å². The van der Waals surface area contributed by atoms with Gasteiger partial charge >= 0.3 is 0 Å². The van der Waals surface area contributed by atoms with Gasteiger partial charge in [-0.3, -0.25) is 9.36 Å². The van der Waals surface area contributed by atoms with E-state index in [0.717, 1.165) is 13.0 Å². The Morgan fingerprint density at radius 1 is 1.56 bits per heavy atom. The van der Waals surface area contributed by atoms with Crippen molar-refractivity contribution in [2.45, 2.75) is 38.3 Å². The Balaban J connectivity index is 1.92.